The molecule has 114 valence electrons. The second kappa shape index (κ2) is 5.37. The maximum absolute atomic E-state index is 6.14. The number of oxazole rings is 1. The number of benzene rings is 1. The molecule has 1 saturated heterocycles. The van der Waals surface area contributed by atoms with Crippen LogP contribution in [0.5, 0.6) is 0 Å². The number of anilines is 1. The van der Waals surface area contributed by atoms with Gasteiger partial charge in [0.1, 0.15) is 10.5 Å². The first-order valence-corrected chi connectivity index (χ1v) is 8.39. The minimum atomic E-state index is 0.381. The molecule has 4 rings (SSSR count). The summed E-state index contributed by atoms with van der Waals surface area (Å²) < 4.78 is 6.14. The van der Waals surface area contributed by atoms with Crippen molar-refractivity contribution in [1.29, 1.82) is 0 Å². The molecule has 6 heteroatoms. The summed E-state index contributed by atoms with van der Waals surface area (Å²) in [6, 6.07) is 5.29. The number of nitrogens with one attached hydrogen (secondary N) is 1. The van der Waals surface area contributed by atoms with Crippen molar-refractivity contribution in [2.45, 2.75) is 19.9 Å². The van der Waals surface area contributed by atoms with Crippen LogP contribution in [0.3, 0.4) is 0 Å². The van der Waals surface area contributed by atoms with E-state index in [1.807, 2.05) is 11.6 Å². The maximum atomic E-state index is 6.14. The molecule has 1 N–H and O–H groups in total. The molecular formula is C16H18N4OS. The average Bonchev–Trinajstić information content (AvgIpc) is 3.15. The van der Waals surface area contributed by atoms with Crippen LogP contribution >= 0.6 is 11.3 Å². The van der Waals surface area contributed by atoms with Crippen LogP contribution in [0.4, 0.5) is 6.01 Å². The van der Waals surface area contributed by atoms with Crippen molar-refractivity contribution >= 4 is 28.5 Å². The molecule has 5 nitrogen and oxygen atoms in total. The van der Waals surface area contributed by atoms with Crippen molar-refractivity contribution in [2.75, 3.05) is 24.5 Å². The number of thiazole rings is 1. The standard InChI is InChI=1S/C16H18N4OS/c1-10-7-12(15-18-4-6-22-15)14-13(8-10)19-16(21-14)20-5-3-17-9-11(20)2/h4,6-8,11,17H,3,5,9H2,1-2H3. The van der Waals surface area contributed by atoms with Gasteiger partial charge in [-0.2, -0.15) is 4.98 Å². The van der Waals surface area contributed by atoms with E-state index in [4.69, 9.17) is 9.40 Å². The third-order valence-electron chi connectivity index (χ3n) is 4.03. The van der Waals surface area contributed by atoms with Gasteiger partial charge < -0.3 is 14.6 Å². The first kappa shape index (κ1) is 13.7. The molecular weight excluding hydrogens is 296 g/mol. The first-order valence-electron chi connectivity index (χ1n) is 7.51. The van der Waals surface area contributed by atoms with Gasteiger partial charge in [-0.3, -0.25) is 0 Å². The summed E-state index contributed by atoms with van der Waals surface area (Å²) >= 11 is 1.62. The number of fused-ring (bicyclic) bond motifs is 1. The molecule has 1 aliphatic heterocycles. The molecule has 3 heterocycles. The normalized spacial score (nSPS) is 19.0. The van der Waals surface area contributed by atoms with Gasteiger partial charge in [-0.1, -0.05) is 0 Å². The number of piperazine rings is 1. The summed E-state index contributed by atoms with van der Waals surface area (Å²) in [6.45, 7) is 7.10. The van der Waals surface area contributed by atoms with Gasteiger partial charge in [-0.15, -0.1) is 11.3 Å². The van der Waals surface area contributed by atoms with Crippen molar-refractivity contribution in [2.24, 2.45) is 0 Å². The Morgan fingerprint density at radius 2 is 2.32 bits per heavy atom. The Balaban J connectivity index is 1.85. The molecule has 0 aliphatic carbocycles. The molecule has 0 bridgehead atoms. The summed E-state index contributed by atoms with van der Waals surface area (Å²) in [5.41, 5.74) is 3.95. The molecule has 0 radical (unpaired) electrons. The van der Waals surface area contributed by atoms with Gasteiger partial charge in [0.25, 0.3) is 6.01 Å². The van der Waals surface area contributed by atoms with E-state index >= 15 is 0 Å². The molecule has 1 unspecified atom stereocenters. The van der Waals surface area contributed by atoms with E-state index in [0.29, 0.717) is 12.1 Å². The third kappa shape index (κ3) is 2.28. The van der Waals surface area contributed by atoms with E-state index in [2.05, 4.69) is 41.2 Å². The molecule has 0 saturated carbocycles. The van der Waals surface area contributed by atoms with E-state index in [0.717, 1.165) is 41.3 Å². The lowest BCUT2D eigenvalue weighted by atomic mass is 10.1. The molecule has 1 fully saturated rings. The van der Waals surface area contributed by atoms with Gasteiger partial charge in [0, 0.05) is 37.3 Å². The molecule has 22 heavy (non-hydrogen) atoms. The fourth-order valence-electron chi connectivity index (χ4n) is 2.92. The van der Waals surface area contributed by atoms with Crippen molar-refractivity contribution < 1.29 is 4.42 Å². The monoisotopic (exact) mass is 314 g/mol. The van der Waals surface area contributed by atoms with E-state index in [1.54, 1.807) is 11.3 Å². The smallest absolute Gasteiger partial charge is 0.298 e. The minimum absolute atomic E-state index is 0.381. The fraction of sp³-hybridized carbons (Fsp3) is 0.375. The second-order valence-electron chi connectivity index (χ2n) is 5.74. The Morgan fingerprint density at radius 3 is 3.09 bits per heavy atom. The van der Waals surface area contributed by atoms with Gasteiger partial charge in [-0.05, 0) is 31.5 Å². The van der Waals surface area contributed by atoms with E-state index < -0.39 is 0 Å². The Hall–Kier alpha value is -1.92. The third-order valence-corrected chi connectivity index (χ3v) is 4.84. The number of rotatable bonds is 2. The van der Waals surface area contributed by atoms with E-state index in [9.17, 15) is 0 Å². The summed E-state index contributed by atoms with van der Waals surface area (Å²) in [4.78, 5) is 11.4. The molecule has 3 aromatic rings. The highest BCUT2D eigenvalue weighted by molar-refractivity contribution is 7.13. The Kier molecular flexibility index (Phi) is 3.35. The predicted molar refractivity (Wildman–Crippen MR) is 89.5 cm³/mol. The van der Waals surface area contributed by atoms with Crippen molar-refractivity contribution in [1.82, 2.24) is 15.3 Å². The number of hydrogen-bond acceptors (Lipinski definition) is 6. The molecule has 1 aromatic carbocycles. The van der Waals surface area contributed by atoms with Crippen LogP contribution in [0.15, 0.2) is 28.1 Å². The highest BCUT2D eigenvalue weighted by atomic mass is 32.1. The second-order valence-corrected chi connectivity index (χ2v) is 6.64. The van der Waals surface area contributed by atoms with Crippen molar-refractivity contribution in [3.63, 3.8) is 0 Å². The molecule has 0 amide bonds. The van der Waals surface area contributed by atoms with Crippen molar-refractivity contribution in [3.05, 3.63) is 29.3 Å². The Morgan fingerprint density at radius 1 is 1.41 bits per heavy atom. The number of aryl methyl sites for hydroxylation is 1. The van der Waals surface area contributed by atoms with Crippen LogP contribution in [0.2, 0.25) is 0 Å². The quantitative estimate of drug-likeness (QED) is 0.788. The highest BCUT2D eigenvalue weighted by Gasteiger charge is 2.24. The lowest BCUT2D eigenvalue weighted by Gasteiger charge is -2.32. The largest absolute Gasteiger partial charge is 0.423 e. The van der Waals surface area contributed by atoms with Crippen LogP contribution in [-0.2, 0) is 0 Å². The number of aromatic nitrogens is 2. The van der Waals surface area contributed by atoms with Gasteiger partial charge in [0.15, 0.2) is 5.58 Å². The van der Waals surface area contributed by atoms with Crippen LogP contribution < -0.4 is 10.2 Å². The summed E-state index contributed by atoms with van der Waals surface area (Å²) in [5.74, 6) is 0. The minimum Gasteiger partial charge on any atom is -0.423 e. The predicted octanol–water partition coefficient (Wildman–Crippen LogP) is 3.06. The van der Waals surface area contributed by atoms with E-state index in [-0.39, 0.29) is 0 Å². The van der Waals surface area contributed by atoms with Crippen LogP contribution in [0.1, 0.15) is 12.5 Å². The molecule has 1 aliphatic rings. The summed E-state index contributed by atoms with van der Waals surface area (Å²) in [6.07, 6.45) is 1.82. The van der Waals surface area contributed by atoms with Crippen LogP contribution in [0, 0.1) is 6.92 Å². The zero-order valence-corrected chi connectivity index (χ0v) is 13.5. The van der Waals surface area contributed by atoms with Crippen LogP contribution in [-0.4, -0.2) is 35.6 Å². The zero-order valence-electron chi connectivity index (χ0n) is 12.7. The SMILES string of the molecule is Cc1cc(-c2nccs2)c2oc(N3CCNCC3C)nc2c1. The lowest BCUT2D eigenvalue weighted by Crippen LogP contribution is -2.50. The van der Waals surface area contributed by atoms with Gasteiger partial charge in [0.05, 0.1) is 5.56 Å². The zero-order chi connectivity index (χ0) is 15.1. The molecule has 1 atom stereocenters. The average molecular weight is 314 g/mol. The topological polar surface area (TPSA) is 54.2 Å². The summed E-state index contributed by atoms with van der Waals surface area (Å²) in [5, 5.41) is 6.35. The van der Waals surface area contributed by atoms with Crippen molar-refractivity contribution in [3.8, 4) is 10.6 Å². The molecule has 2 aromatic heterocycles. The lowest BCUT2D eigenvalue weighted by molar-refractivity contribution is 0.456. The van der Waals surface area contributed by atoms with E-state index in [1.165, 1.54) is 5.56 Å². The Bertz CT molecular complexity index is 796. The first-order chi connectivity index (χ1) is 10.7. The number of nitrogens with zero attached hydrogens (tertiary/aromatic N) is 3. The highest BCUT2D eigenvalue weighted by Crippen LogP contribution is 2.34. The number of hydrogen-bond donors (Lipinski definition) is 1. The Labute approximate surface area is 133 Å². The van der Waals surface area contributed by atoms with Gasteiger partial charge in [-0.25, -0.2) is 4.98 Å². The molecule has 0 spiro atoms. The van der Waals surface area contributed by atoms with Gasteiger partial charge >= 0.3 is 0 Å². The van der Waals surface area contributed by atoms with Crippen LogP contribution in [0.25, 0.3) is 21.7 Å². The summed E-state index contributed by atoms with van der Waals surface area (Å²) in [7, 11) is 0. The fourth-order valence-corrected chi connectivity index (χ4v) is 3.58. The van der Waals surface area contributed by atoms with Gasteiger partial charge in [0.2, 0.25) is 0 Å². The maximum Gasteiger partial charge on any atom is 0.298 e.